The molecule has 0 aliphatic rings. The van der Waals surface area contributed by atoms with Crippen LogP contribution in [0.1, 0.15) is 0 Å². The Hall–Kier alpha value is -2.14. The van der Waals surface area contributed by atoms with Gasteiger partial charge in [-0.25, -0.2) is 9.97 Å². The maximum Gasteiger partial charge on any atom is 0.290 e. The van der Waals surface area contributed by atoms with Crippen LogP contribution in [0.2, 0.25) is 0 Å². The van der Waals surface area contributed by atoms with E-state index in [0.717, 1.165) is 0 Å². The monoisotopic (exact) mass is 286 g/mol. The van der Waals surface area contributed by atoms with Crippen LogP contribution in [0.3, 0.4) is 0 Å². The first-order valence-corrected chi connectivity index (χ1v) is 6.06. The third kappa shape index (κ3) is 2.66. The standard InChI is InChI=1S/C12H8N5S2/c18-9-15-17(16-10-19,11-5-1-3-7-13-11)12-6-2-4-8-14-12/h1-8H/q+1. The lowest BCUT2D eigenvalue weighted by atomic mass is 10.4. The van der Waals surface area contributed by atoms with E-state index in [9.17, 15) is 0 Å². The lowest BCUT2D eigenvalue weighted by Gasteiger charge is -2.18. The summed E-state index contributed by atoms with van der Waals surface area (Å²) in [5.74, 6) is 0.992. The molecule has 0 aliphatic carbocycles. The molecule has 2 aromatic rings. The second kappa shape index (κ2) is 6.15. The highest BCUT2D eigenvalue weighted by molar-refractivity contribution is 7.78. The van der Waals surface area contributed by atoms with Gasteiger partial charge in [-0.15, -0.1) is 0 Å². The quantitative estimate of drug-likeness (QED) is 0.375. The molecule has 0 N–H and O–H groups in total. The van der Waals surface area contributed by atoms with Gasteiger partial charge in [0.2, 0.25) is 0 Å². The van der Waals surface area contributed by atoms with Gasteiger partial charge in [0.1, 0.15) is 10.3 Å². The van der Waals surface area contributed by atoms with E-state index in [-0.39, 0.29) is 0 Å². The molecule has 19 heavy (non-hydrogen) atoms. The molecule has 0 saturated heterocycles. The molecule has 2 rings (SSSR count). The first-order chi connectivity index (χ1) is 9.33. The molecular weight excluding hydrogens is 278 g/mol. The van der Waals surface area contributed by atoms with Gasteiger partial charge in [0.25, 0.3) is 11.6 Å². The number of rotatable bonds is 4. The number of isothiocyanates is 2. The lowest BCUT2D eigenvalue weighted by Crippen LogP contribution is -2.33. The Labute approximate surface area is 120 Å². The first kappa shape index (κ1) is 13.3. The summed E-state index contributed by atoms with van der Waals surface area (Å²) in [4.78, 5) is 8.47. The van der Waals surface area contributed by atoms with Crippen molar-refractivity contribution in [2.24, 2.45) is 10.2 Å². The van der Waals surface area contributed by atoms with Gasteiger partial charge in [-0.2, -0.15) is 0 Å². The SMILES string of the molecule is S=C=N[N+](N=C=S)(c1ccccn1)c1ccccn1. The van der Waals surface area contributed by atoms with E-state index in [0.29, 0.717) is 11.6 Å². The Bertz CT molecular complexity index is 587. The van der Waals surface area contributed by atoms with Crippen molar-refractivity contribution in [1.82, 2.24) is 14.7 Å². The summed E-state index contributed by atoms with van der Waals surface area (Å²) >= 11 is 9.41. The zero-order valence-corrected chi connectivity index (χ0v) is 11.3. The van der Waals surface area contributed by atoms with Crippen molar-refractivity contribution in [3.63, 3.8) is 0 Å². The topological polar surface area (TPSA) is 50.5 Å². The fourth-order valence-corrected chi connectivity index (χ4v) is 1.78. The Morgan fingerprint density at radius 2 is 1.32 bits per heavy atom. The molecule has 0 saturated carbocycles. The molecule has 0 spiro atoms. The van der Waals surface area contributed by atoms with Crippen LogP contribution < -0.4 is 4.70 Å². The van der Waals surface area contributed by atoms with Crippen LogP contribution in [0.4, 0.5) is 11.6 Å². The highest BCUT2D eigenvalue weighted by Gasteiger charge is 2.38. The molecule has 0 radical (unpaired) electrons. The summed E-state index contributed by atoms with van der Waals surface area (Å²) in [6.07, 6.45) is 3.26. The van der Waals surface area contributed by atoms with Gasteiger partial charge in [0, 0.05) is 39.4 Å². The molecule has 0 bridgehead atoms. The van der Waals surface area contributed by atoms with Gasteiger partial charge < -0.3 is 0 Å². The minimum Gasteiger partial charge on any atom is -0.200 e. The van der Waals surface area contributed by atoms with Crippen LogP contribution in [0.5, 0.6) is 0 Å². The van der Waals surface area contributed by atoms with E-state index in [1.807, 2.05) is 12.1 Å². The predicted molar refractivity (Wildman–Crippen MR) is 80.0 cm³/mol. The summed E-state index contributed by atoms with van der Waals surface area (Å²) in [5.41, 5.74) is 0. The molecule has 5 nitrogen and oxygen atoms in total. The fraction of sp³-hybridized carbons (Fsp3) is 0. The van der Waals surface area contributed by atoms with Gasteiger partial charge >= 0.3 is 0 Å². The summed E-state index contributed by atoms with van der Waals surface area (Å²) < 4.78 is -0.436. The van der Waals surface area contributed by atoms with E-state index in [1.54, 1.807) is 36.7 Å². The lowest BCUT2D eigenvalue weighted by molar-refractivity contribution is 0.412. The zero-order chi connectivity index (χ0) is 13.6. The van der Waals surface area contributed by atoms with E-state index < -0.39 is 4.70 Å². The van der Waals surface area contributed by atoms with Crippen molar-refractivity contribution in [3.05, 3.63) is 48.8 Å². The fourth-order valence-electron chi connectivity index (χ4n) is 1.54. The van der Waals surface area contributed by atoms with Crippen LogP contribution in [-0.2, 0) is 0 Å². The van der Waals surface area contributed by atoms with E-state index in [4.69, 9.17) is 24.4 Å². The summed E-state index contributed by atoms with van der Waals surface area (Å²) in [6.45, 7) is 0. The molecule has 0 aromatic carbocycles. The Morgan fingerprint density at radius 1 is 0.842 bits per heavy atom. The zero-order valence-electron chi connectivity index (χ0n) is 9.67. The smallest absolute Gasteiger partial charge is 0.200 e. The molecule has 0 fully saturated rings. The first-order valence-electron chi connectivity index (χ1n) is 5.24. The van der Waals surface area contributed by atoms with Gasteiger partial charge in [-0.05, 0) is 36.6 Å². The summed E-state index contributed by atoms with van der Waals surface area (Å²) in [7, 11) is 0. The molecular formula is C12H8N5S2+. The minimum atomic E-state index is -0.436. The normalized spacial score (nSPS) is 10.1. The van der Waals surface area contributed by atoms with Crippen LogP contribution in [0, 0.1) is 0 Å². The maximum atomic E-state index is 4.70. The molecule has 7 heteroatoms. The van der Waals surface area contributed by atoms with Gasteiger partial charge in [0.05, 0.1) is 0 Å². The maximum absolute atomic E-state index is 4.70. The Balaban J connectivity index is 2.75. The number of aromatic nitrogens is 2. The average molecular weight is 286 g/mol. The van der Waals surface area contributed by atoms with E-state index in [1.165, 1.54) is 0 Å². The van der Waals surface area contributed by atoms with E-state index in [2.05, 4.69) is 30.5 Å². The van der Waals surface area contributed by atoms with Crippen LogP contribution in [0.25, 0.3) is 0 Å². The van der Waals surface area contributed by atoms with E-state index >= 15 is 0 Å². The number of hydrogen-bond acceptors (Lipinski definition) is 6. The van der Waals surface area contributed by atoms with Crippen molar-refractivity contribution in [3.8, 4) is 0 Å². The van der Waals surface area contributed by atoms with Crippen LogP contribution >= 0.6 is 24.4 Å². The van der Waals surface area contributed by atoms with Crippen molar-refractivity contribution in [2.45, 2.75) is 0 Å². The van der Waals surface area contributed by atoms with Crippen molar-refractivity contribution in [2.75, 3.05) is 0 Å². The summed E-state index contributed by atoms with van der Waals surface area (Å²) in [5, 5.41) is 12.8. The van der Waals surface area contributed by atoms with Crippen molar-refractivity contribution in [1.29, 1.82) is 0 Å². The third-order valence-electron chi connectivity index (χ3n) is 2.31. The Morgan fingerprint density at radius 3 is 1.63 bits per heavy atom. The molecule has 2 heterocycles. The number of hydrogen-bond donors (Lipinski definition) is 0. The number of pyridine rings is 2. The summed E-state index contributed by atoms with van der Waals surface area (Å²) in [6, 6.07) is 10.7. The van der Waals surface area contributed by atoms with Crippen LogP contribution in [0.15, 0.2) is 59.0 Å². The largest absolute Gasteiger partial charge is 0.290 e. The molecule has 0 amide bonds. The average Bonchev–Trinajstić information content (AvgIpc) is 2.49. The number of quaternary nitrogens is 1. The second-order valence-corrected chi connectivity index (χ2v) is 3.72. The second-order valence-electron chi connectivity index (χ2n) is 3.36. The van der Waals surface area contributed by atoms with Crippen molar-refractivity contribution >= 4 is 46.4 Å². The molecule has 0 unspecified atom stereocenters. The molecule has 92 valence electrons. The number of nitrogens with zero attached hydrogens (tertiary/aromatic N) is 5. The van der Waals surface area contributed by atoms with Gasteiger partial charge in [0.15, 0.2) is 0 Å². The minimum absolute atomic E-state index is 0.436. The Kier molecular flexibility index (Phi) is 4.30. The molecule has 2 aromatic heterocycles. The van der Waals surface area contributed by atoms with Crippen LogP contribution in [-0.4, -0.2) is 20.3 Å². The number of thiocarbonyl (C=S) groups is 2. The molecule has 0 aliphatic heterocycles. The highest BCUT2D eigenvalue weighted by atomic mass is 32.1. The van der Waals surface area contributed by atoms with Gasteiger partial charge in [-0.1, -0.05) is 12.1 Å². The van der Waals surface area contributed by atoms with Gasteiger partial charge in [-0.3, -0.25) is 0 Å². The van der Waals surface area contributed by atoms with Crippen molar-refractivity contribution < 1.29 is 0 Å². The predicted octanol–water partition coefficient (Wildman–Crippen LogP) is 3.15. The third-order valence-corrected chi connectivity index (χ3v) is 2.47. The highest BCUT2D eigenvalue weighted by Crippen LogP contribution is 2.32. The molecule has 0 atom stereocenters.